The van der Waals surface area contributed by atoms with E-state index < -0.39 is 0 Å². The van der Waals surface area contributed by atoms with Crippen LogP contribution in [0.5, 0.6) is 0 Å². The number of fused-ring (bicyclic) bond motifs is 3. The number of rotatable bonds is 5. The van der Waals surface area contributed by atoms with Crippen molar-refractivity contribution in [2.45, 2.75) is 25.4 Å². The molecule has 2 unspecified atom stereocenters. The average molecular weight is 344 g/mol. The van der Waals surface area contributed by atoms with Crippen molar-refractivity contribution in [1.82, 2.24) is 15.1 Å². The van der Waals surface area contributed by atoms with Crippen LogP contribution in [0.1, 0.15) is 24.3 Å². The number of piperazine rings is 3. The summed E-state index contributed by atoms with van der Waals surface area (Å²) in [5.74, 6) is 0. The van der Waals surface area contributed by atoms with Crippen molar-refractivity contribution in [2.75, 3.05) is 39.3 Å². The predicted molar refractivity (Wildman–Crippen MR) is 84.9 cm³/mol. The van der Waals surface area contributed by atoms with Gasteiger partial charge in [-0.15, -0.1) is 11.3 Å². The molecular formula is C14H22BrN3S. The number of halogens is 1. The van der Waals surface area contributed by atoms with Gasteiger partial charge >= 0.3 is 0 Å². The van der Waals surface area contributed by atoms with Crippen LogP contribution in [0.2, 0.25) is 0 Å². The van der Waals surface area contributed by atoms with E-state index in [2.05, 4.69) is 49.4 Å². The van der Waals surface area contributed by atoms with Crippen LogP contribution in [0, 0.1) is 0 Å². The molecule has 0 aliphatic carbocycles. The molecule has 1 aromatic heterocycles. The van der Waals surface area contributed by atoms with Crippen molar-refractivity contribution in [3.8, 4) is 0 Å². The van der Waals surface area contributed by atoms with Crippen LogP contribution >= 0.6 is 27.3 Å². The lowest BCUT2D eigenvalue weighted by Gasteiger charge is -2.50. The van der Waals surface area contributed by atoms with Gasteiger partial charge in [0.05, 0.1) is 6.04 Å². The summed E-state index contributed by atoms with van der Waals surface area (Å²) in [6.45, 7) is 9.52. The van der Waals surface area contributed by atoms with E-state index in [9.17, 15) is 0 Å². The zero-order valence-electron chi connectivity index (χ0n) is 11.4. The molecule has 3 nitrogen and oxygen atoms in total. The standard InChI is InChI=1S/C14H22BrN3S/c1-2-4-16-13(14-11(15)3-9-19-14)12-10-17-5-7-18(12)8-6-17/h3,9,12-13,16H,2,4-8,10H2,1H3. The highest BCUT2D eigenvalue weighted by Gasteiger charge is 2.38. The van der Waals surface area contributed by atoms with Crippen molar-refractivity contribution in [3.63, 3.8) is 0 Å². The molecule has 3 saturated heterocycles. The molecule has 1 N–H and O–H groups in total. The molecule has 2 atom stereocenters. The minimum atomic E-state index is 0.470. The summed E-state index contributed by atoms with van der Waals surface area (Å²) in [4.78, 5) is 6.76. The fraction of sp³-hybridized carbons (Fsp3) is 0.714. The monoisotopic (exact) mass is 343 g/mol. The van der Waals surface area contributed by atoms with Crippen molar-refractivity contribution < 1.29 is 0 Å². The highest BCUT2D eigenvalue weighted by atomic mass is 79.9. The van der Waals surface area contributed by atoms with Gasteiger partial charge in [-0.05, 0) is 40.3 Å². The first-order valence-corrected chi connectivity index (χ1v) is 8.89. The second-order valence-electron chi connectivity index (χ2n) is 5.47. The van der Waals surface area contributed by atoms with Gasteiger partial charge in [0, 0.05) is 48.1 Å². The Bertz CT molecular complexity index is 415. The molecule has 0 amide bonds. The SMILES string of the molecule is CCCNC(c1sccc1Br)C1CN2CCN1CC2. The lowest BCUT2D eigenvalue weighted by atomic mass is 9.98. The minimum Gasteiger partial charge on any atom is -0.308 e. The van der Waals surface area contributed by atoms with Crippen LogP contribution in [-0.4, -0.2) is 55.1 Å². The maximum atomic E-state index is 3.78. The van der Waals surface area contributed by atoms with Crippen molar-refractivity contribution in [3.05, 3.63) is 20.8 Å². The Hall–Kier alpha value is 0.0600. The quantitative estimate of drug-likeness (QED) is 0.886. The van der Waals surface area contributed by atoms with Gasteiger partial charge in [0.2, 0.25) is 0 Å². The van der Waals surface area contributed by atoms with E-state index in [1.54, 1.807) is 0 Å². The zero-order chi connectivity index (χ0) is 13.2. The third-order valence-electron chi connectivity index (χ3n) is 4.25. The Morgan fingerprint density at radius 2 is 2.21 bits per heavy atom. The normalized spacial score (nSPS) is 31.6. The topological polar surface area (TPSA) is 18.5 Å². The molecule has 106 valence electrons. The summed E-state index contributed by atoms with van der Waals surface area (Å²) < 4.78 is 1.27. The fourth-order valence-corrected chi connectivity index (χ4v) is 4.96. The van der Waals surface area contributed by atoms with Crippen LogP contribution in [0.15, 0.2) is 15.9 Å². The van der Waals surface area contributed by atoms with Gasteiger partial charge in [-0.2, -0.15) is 0 Å². The molecule has 3 fully saturated rings. The maximum absolute atomic E-state index is 3.78. The summed E-state index contributed by atoms with van der Waals surface area (Å²) in [7, 11) is 0. The van der Waals surface area contributed by atoms with Crippen LogP contribution in [-0.2, 0) is 0 Å². The second-order valence-corrected chi connectivity index (χ2v) is 7.27. The molecule has 4 rings (SSSR count). The lowest BCUT2D eigenvalue weighted by molar-refractivity contribution is -0.00320. The average Bonchev–Trinajstić information content (AvgIpc) is 2.87. The van der Waals surface area contributed by atoms with Crippen LogP contribution in [0.4, 0.5) is 0 Å². The summed E-state index contributed by atoms with van der Waals surface area (Å²) >= 11 is 5.59. The van der Waals surface area contributed by atoms with Crippen molar-refractivity contribution in [1.29, 1.82) is 0 Å². The first-order valence-electron chi connectivity index (χ1n) is 7.22. The van der Waals surface area contributed by atoms with Gasteiger partial charge in [0.1, 0.15) is 0 Å². The summed E-state index contributed by atoms with van der Waals surface area (Å²) in [6, 6.07) is 3.28. The van der Waals surface area contributed by atoms with E-state index in [1.165, 1.54) is 48.5 Å². The molecular weight excluding hydrogens is 322 g/mol. The third kappa shape index (κ3) is 2.90. The first-order chi connectivity index (χ1) is 9.29. The summed E-state index contributed by atoms with van der Waals surface area (Å²) in [5, 5.41) is 5.97. The fourth-order valence-electron chi connectivity index (χ4n) is 3.20. The maximum Gasteiger partial charge on any atom is 0.0596 e. The van der Waals surface area contributed by atoms with Crippen LogP contribution < -0.4 is 5.32 Å². The van der Waals surface area contributed by atoms with Crippen LogP contribution in [0.25, 0.3) is 0 Å². The molecule has 19 heavy (non-hydrogen) atoms. The highest BCUT2D eigenvalue weighted by molar-refractivity contribution is 9.10. The van der Waals surface area contributed by atoms with E-state index in [1.807, 2.05) is 11.3 Å². The third-order valence-corrected chi connectivity index (χ3v) is 6.20. The predicted octanol–water partition coefficient (Wildman–Crippen LogP) is 2.55. The van der Waals surface area contributed by atoms with E-state index in [0.29, 0.717) is 12.1 Å². The van der Waals surface area contributed by atoms with E-state index in [-0.39, 0.29) is 0 Å². The minimum absolute atomic E-state index is 0.470. The largest absolute Gasteiger partial charge is 0.308 e. The first kappa shape index (κ1) is 14.0. The molecule has 1 aromatic rings. The second kappa shape index (κ2) is 6.22. The molecule has 2 bridgehead atoms. The number of hydrogen-bond acceptors (Lipinski definition) is 4. The molecule has 4 heterocycles. The van der Waals surface area contributed by atoms with Gasteiger partial charge in [0.15, 0.2) is 0 Å². The highest BCUT2D eigenvalue weighted by Crippen LogP contribution is 2.35. The number of nitrogens with zero attached hydrogens (tertiary/aromatic N) is 2. The molecule has 3 aliphatic rings. The van der Waals surface area contributed by atoms with Crippen molar-refractivity contribution in [2.24, 2.45) is 0 Å². The Labute approximate surface area is 128 Å². The van der Waals surface area contributed by atoms with Gasteiger partial charge in [-0.1, -0.05) is 6.92 Å². The summed E-state index contributed by atoms with van der Waals surface area (Å²) in [5.41, 5.74) is 0. The Balaban J connectivity index is 1.81. The van der Waals surface area contributed by atoms with Crippen LogP contribution in [0.3, 0.4) is 0 Å². The molecule has 0 saturated carbocycles. The molecule has 0 radical (unpaired) electrons. The van der Waals surface area contributed by atoms with E-state index in [0.717, 1.165) is 6.54 Å². The van der Waals surface area contributed by atoms with E-state index in [4.69, 9.17) is 0 Å². The lowest BCUT2D eigenvalue weighted by Crippen LogP contribution is -2.63. The Kier molecular flexibility index (Phi) is 4.59. The number of nitrogens with one attached hydrogen (secondary N) is 1. The number of hydrogen-bond donors (Lipinski definition) is 1. The number of thiophene rings is 1. The van der Waals surface area contributed by atoms with Gasteiger partial charge in [-0.3, -0.25) is 9.80 Å². The summed E-state index contributed by atoms with van der Waals surface area (Å²) in [6.07, 6.45) is 1.19. The zero-order valence-corrected chi connectivity index (χ0v) is 13.8. The Morgan fingerprint density at radius 1 is 1.42 bits per heavy atom. The van der Waals surface area contributed by atoms with Gasteiger partial charge < -0.3 is 5.32 Å². The molecule has 0 aromatic carbocycles. The van der Waals surface area contributed by atoms with Gasteiger partial charge in [-0.25, -0.2) is 0 Å². The Morgan fingerprint density at radius 3 is 2.74 bits per heavy atom. The smallest absolute Gasteiger partial charge is 0.0596 e. The molecule has 3 aliphatic heterocycles. The van der Waals surface area contributed by atoms with E-state index >= 15 is 0 Å². The van der Waals surface area contributed by atoms with Gasteiger partial charge in [0.25, 0.3) is 0 Å². The van der Waals surface area contributed by atoms with Crippen molar-refractivity contribution >= 4 is 27.3 Å². The molecule has 5 heteroatoms. The molecule has 0 spiro atoms.